The number of unbranched alkanes of at least 4 members (excludes halogenated alkanes) is 9. The molecule has 0 aromatic carbocycles. The maximum atomic E-state index is 4.02. The molecule has 0 unspecified atom stereocenters. The van der Waals surface area contributed by atoms with Crippen LogP contribution in [0.4, 0.5) is 0 Å². The van der Waals surface area contributed by atoms with Gasteiger partial charge in [-0.05, 0) is 17.2 Å². The van der Waals surface area contributed by atoms with Crippen molar-refractivity contribution in [2.45, 2.75) is 75.5 Å². The van der Waals surface area contributed by atoms with E-state index in [1.165, 1.54) is 70.0 Å². The Bertz CT molecular complexity index is 278. The van der Waals surface area contributed by atoms with Gasteiger partial charge in [-0.15, -0.1) is 10.2 Å². The molecule has 19 heavy (non-hydrogen) atoms. The molecule has 0 bridgehead atoms. The molecule has 1 aromatic rings. The fourth-order valence-electron chi connectivity index (χ4n) is 1.94. The molecule has 0 amide bonds. The molecule has 1 heterocycles. The summed E-state index contributed by atoms with van der Waals surface area (Å²) in [4.78, 5) is 0. The summed E-state index contributed by atoms with van der Waals surface area (Å²) in [6.07, 6.45) is 14.1. The quantitative estimate of drug-likeness (QED) is 0.319. The zero-order valence-electron chi connectivity index (χ0n) is 12.0. The van der Waals surface area contributed by atoms with Gasteiger partial charge in [-0.3, -0.25) is 0 Å². The van der Waals surface area contributed by atoms with E-state index < -0.39 is 0 Å². The second-order valence-corrected chi connectivity index (χ2v) is 8.29. The van der Waals surface area contributed by atoms with Gasteiger partial charge in [-0.25, -0.2) is 0 Å². The monoisotopic (exact) mass is 318 g/mol. The first-order valence-electron chi connectivity index (χ1n) is 7.49. The lowest BCUT2D eigenvalue weighted by Gasteiger charge is -2.02. The molecular weight excluding hydrogens is 292 g/mol. The Hall–Kier alpha value is 0.260. The Kier molecular flexibility index (Phi) is 12.1. The number of hydrogen-bond acceptors (Lipinski definition) is 5. The minimum Gasteiger partial charge on any atom is -0.146 e. The summed E-state index contributed by atoms with van der Waals surface area (Å²) in [6, 6.07) is 0. The van der Waals surface area contributed by atoms with E-state index in [9.17, 15) is 0 Å². The van der Waals surface area contributed by atoms with Gasteiger partial charge < -0.3 is 0 Å². The Balaban J connectivity index is 1.72. The van der Waals surface area contributed by atoms with Crippen molar-refractivity contribution in [3.63, 3.8) is 0 Å². The fourth-order valence-corrected chi connectivity index (χ4v) is 4.88. The molecule has 0 spiro atoms. The molecule has 0 fully saturated rings. The molecule has 1 rings (SSSR count). The molecule has 0 radical (unpaired) electrons. The summed E-state index contributed by atoms with van der Waals surface area (Å²) in [5.74, 6) is 1.24. The van der Waals surface area contributed by atoms with Gasteiger partial charge >= 0.3 is 0 Å². The molecule has 0 saturated carbocycles. The van der Waals surface area contributed by atoms with Gasteiger partial charge in [0.2, 0.25) is 0 Å². The van der Waals surface area contributed by atoms with Gasteiger partial charge in [0.1, 0.15) is 5.51 Å². The van der Waals surface area contributed by atoms with E-state index in [-0.39, 0.29) is 0 Å². The third-order valence-electron chi connectivity index (χ3n) is 3.05. The first-order valence-corrected chi connectivity index (χ1v) is 10.7. The molecule has 0 aliphatic carbocycles. The lowest BCUT2D eigenvalue weighted by molar-refractivity contribution is 0.563. The highest BCUT2D eigenvalue weighted by Crippen LogP contribution is 2.32. The summed E-state index contributed by atoms with van der Waals surface area (Å²) < 4.78 is 1.08. The van der Waals surface area contributed by atoms with Crippen molar-refractivity contribution in [1.29, 1.82) is 0 Å². The van der Waals surface area contributed by atoms with Crippen molar-refractivity contribution in [3.05, 3.63) is 5.51 Å². The predicted molar refractivity (Wildman–Crippen MR) is 90.1 cm³/mol. The SMILES string of the molecule is CCCCCCCCCCCCSSc1nncs1. The summed E-state index contributed by atoms with van der Waals surface area (Å²) in [5.41, 5.74) is 1.80. The van der Waals surface area contributed by atoms with Crippen molar-refractivity contribution in [1.82, 2.24) is 10.2 Å². The first-order chi connectivity index (χ1) is 9.43. The topological polar surface area (TPSA) is 25.8 Å². The van der Waals surface area contributed by atoms with E-state index in [0.717, 1.165) is 4.34 Å². The minimum absolute atomic E-state index is 1.08. The average molecular weight is 319 g/mol. The molecule has 2 nitrogen and oxygen atoms in total. The van der Waals surface area contributed by atoms with Gasteiger partial charge in [-0.1, -0.05) is 86.8 Å². The van der Waals surface area contributed by atoms with Gasteiger partial charge in [-0.2, -0.15) is 0 Å². The maximum Gasteiger partial charge on any atom is 0.184 e. The normalized spacial score (nSPS) is 11.0. The summed E-state index contributed by atoms with van der Waals surface area (Å²) in [5, 5.41) is 7.85. The Morgan fingerprint density at radius 1 is 0.947 bits per heavy atom. The van der Waals surface area contributed by atoms with E-state index in [0.29, 0.717) is 0 Å². The highest BCUT2D eigenvalue weighted by Gasteiger charge is 1.98. The smallest absolute Gasteiger partial charge is 0.146 e. The third kappa shape index (κ3) is 10.7. The number of nitrogens with zero attached hydrogens (tertiary/aromatic N) is 2. The van der Waals surface area contributed by atoms with Crippen LogP contribution in [0.15, 0.2) is 9.85 Å². The molecule has 0 aliphatic rings. The number of hydrogen-bond donors (Lipinski definition) is 0. The van der Waals surface area contributed by atoms with Crippen molar-refractivity contribution < 1.29 is 0 Å². The molecular formula is C14H26N2S3. The largest absolute Gasteiger partial charge is 0.184 e. The van der Waals surface area contributed by atoms with Crippen molar-refractivity contribution >= 4 is 32.9 Å². The number of aromatic nitrogens is 2. The van der Waals surface area contributed by atoms with Crippen LogP contribution in [0.25, 0.3) is 0 Å². The molecule has 110 valence electrons. The lowest BCUT2D eigenvalue weighted by Crippen LogP contribution is -1.83. The van der Waals surface area contributed by atoms with Crippen LogP contribution >= 0.6 is 32.9 Å². The second kappa shape index (κ2) is 13.3. The minimum atomic E-state index is 1.08. The third-order valence-corrected chi connectivity index (χ3v) is 6.51. The van der Waals surface area contributed by atoms with Crippen LogP contribution in [-0.2, 0) is 0 Å². The van der Waals surface area contributed by atoms with E-state index in [4.69, 9.17) is 0 Å². The molecule has 0 saturated heterocycles. The van der Waals surface area contributed by atoms with Crippen LogP contribution in [-0.4, -0.2) is 16.0 Å². The highest BCUT2D eigenvalue weighted by atomic mass is 33.1. The lowest BCUT2D eigenvalue weighted by atomic mass is 10.1. The Morgan fingerprint density at radius 3 is 2.16 bits per heavy atom. The second-order valence-electron chi connectivity index (χ2n) is 4.79. The van der Waals surface area contributed by atoms with Crippen LogP contribution < -0.4 is 0 Å². The summed E-state index contributed by atoms with van der Waals surface area (Å²) >= 11 is 1.63. The van der Waals surface area contributed by atoms with E-state index >= 15 is 0 Å². The summed E-state index contributed by atoms with van der Waals surface area (Å²) in [7, 11) is 3.68. The average Bonchev–Trinajstić information content (AvgIpc) is 2.93. The van der Waals surface area contributed by atoms with Crippen LogP contribution in [0.5, 0.6) is 0 Å². The number of rotatable bonds is 13. The highest BCUT2D eigenvalue weighted by molar-refractivity contribution is 8.77. The van der Waals surface area contributed by atoms with Crippen LogP contribution in [0, 0.1) is 0 Å². The standard InChI is InChI=1S/C14H26N2S3/c1-2-3-4-5-6-7-8-9-10-11-12-18-19-14-16-15-13-17-14/h13H,2-12H2,1H3. The summed E-state index contributed by atoms with van der Waals surface area (Å²) in [6.45, 7) is 2.28. The van der Waals surface area contributed by atoms with Crippen molar-refractivity contribution in [3.8, 4) is 0 Å². The van der Waals surface area contributed by atoms with Crippen LogP contribution in [0.2, 0.25) is 0 Å². The predicted octanol–water partition coefficient (Wildman–Crippen LogP) is 6.20. The van der Waals surface area contributed by atoms with E-state index in [1.54, 1.807) is 27.6 Å². The first kappa shape index (κ1) is 17.3. The zero-order valence-corrected chi connectivity index (χ0v) is 14.4. The van der Waals surface area contributed by atoms with E-state index in [1.807, 2.05) is 10.8 Å². The molecule has 0 aliphatic heterocycles. The maximum absolute atomic E-state index is 4.02. The van der Waals surface area contributed by atoms with Crippen LogP contribution in [0.1, 0.15) is 71.1 Å². The Labute approximate surface area is 130 Å². The van der Waals surface area contributed by atoms with Gasteiger partial charge in [0, 0.05) is 5.75 Å². The fraction of sp³-hybridized carbons (Fsp3) is 0.857. The van der Waals surface area contributed by atoms with Gasteiger partial charge in [0.05, 0.1) is 0 Å². The van der Waals surface area contributed by atoms with Crippen LogP contribution in [0.3, 0.4) is 0 Å². The zero-order chi connectivity index (χ0) is 13.6. The molecule has 0 N–H and O–H groups in total. The Morgan fingerprint density at radius 2 is 1.58 bits per heavy atom. The van der Waals surface area contributed by atoms with E-state index in [2.05, 4.69) is 17.1 Å². The van der Waals surface area contributed by atoms with Gasteiger partial charge in [0.25, 0.3) is 0 Å². The van der Waals surface area contributed by atoms with Crippen molar-refractivity contribution in [2.75, 3.05) is 5.75 Å². The molecule has 5 heteroatoms. The molecule has 0 atom stereocenters. The van der Waals surface area contributed by atoms with Gasteiger partial charge in [0.15, 0.2) is 4.34 Å². The van der Waals surface area contributed by atoms with Crippen molar-refractivity contribution in [2.24, 2.45) is 0 Å². The molecule has 1 aromatic heterocycles.